The minimum atomic E-state index is -0.301. The van der Waals surface area contributed by atoms with Gasteiger partial charge < -0.3 is 0 Å². The van der Waals surface area contributed by atoms with E-state index in [0.717, 1.165) is 16.7 Å². The van der Waals surface area contributed by atoms with Gasteiger partial charge in [-0.25, -0.2) is 0 Å². The molecule has 0 aliphatic heterocycles. The van der Waals surface area contributed by atoms with E-state index >= 15 is 0 Å². The summed E-state index contributed by atoms with van der Waals surface area (Å²) < 4.78 is 0.458. The number of hydrogen-bond acceptors (Lipinski definition) is 2. The van der Waals surface area contributed by atoms with Crippen molar-refractivity contribution in [2.45, 2.75) is 17.1 Å². The second kappa shape index (κ2) is 6.50. The molecule has 104 valence electrons. The van der Waals surface area contributed by atoms with Gasteiger partial charge in [0.1, 0.15) is 0 Å². The zero-order chi connectivity index (χ0) is 14.7. The standard InChI is InChI=1S/C13H9NO2.C2H4Br2/c15-14(16)13-7-3-6-11-10-5-2-1-4-9(10)8-12(11)13;1-2(3)4/h1-7H,8H2;2H,1H3. The maximum Gasteiger partial charge on any atom is 0.273 e. The maximum absolute atomic E-state index is 10.9. The van der Waals surface area contributed by atoms with Crippen LogP contribution in [-0.4, -0.2) is 8.66 Å². The van der Waals surface area contributed by atoms with Gasteiger partial charge in [0.25, 0.3) is 5.69 Å². The predicted molar refractivity (Wildman–Crippen MR) is 88.7 cm³/mol. The topological polar surface area (TPSA) is 43.1 Å². The molecule has 3 rings (SSSR count). The van der Waals surface area contributed by atoms with Gasteiger partial charge in [-0.05, 0) is 23.6 Å². The van der Waals surface area contributed by atoms with Crippen molar-refractivity contribution in [1.82, 2.24) is 0 Å². The van der Waals surface area contributed by atoms with Crippen molar-refractivity contribution >= 4 is 37.5 Å². The minimum Gasteiger partial charge on any atom is -0.258 e. The van der Waals surface area contributed by atoms with Crippen LogP contribution in [0, 0.1) is 10.1 Å². The zero-order valence-corrected chi connectivity index (χ0v) is 14.0. The Labute approximate surface area is 134 Å². The van der Waals surface area contributed by atoms with Crippen LogP contribution in [0.5, 0.6) is 0 Å². The number of benzene rings is 2. The highest BCUT2D eigenvalue weighted by Gasteiger charge is 2.25. The summed E-state index contributed by atoms with van der Waals surface area (Å²) in [6.07, 6.45) is 0.669. The third kappa shape index (κ3) is 3.27. The van der Waals surface area contributed by atoms with Crippen LogP contribution in [0.1, 0.15) is 18.1 Å². The molecule has 20 heavy (non-hydrogen) atoms. The normalized spacial score (nSPS) is 11.4. The van der Waals surface area contributed by atoms with Crippen molar-refractivity contribution in [2.24, 2.45) is 0 Å². The highest BCUT2D eigenvalue weighted by Crippen LogP contribution is 2.40. The Balaban J connectivity index is 0.000000328. The van der Waals surface area contributed by atoms with E-state index in [1.54, 1.807) is 12.1 Å². The first-order valence-electron chi connectivity index (χ1n) is 6.13. The molecular formula is C15H13Br2NO2. The van der Waals surface area contributed by atoms with Gasteiger partial charge >= 0.3 is 0 Å². The lowest BCUT2D eigenvalue weighted by molar-refractivity contribution is -0.385. The van der Waals surface area contributed by atoms with Crippen LogP contribution in [-0.2, 0) is 6.42 Å². The van der Waals surface area contributed by atoms with Crippen LogP contribution in [0.25, 0.3) is 11.1 Å². The first kappa shape index (κ1) is 15.2. The molecule has 0 bridgehead atoms. The molecule has 0 aromatic heterocycles. The van der Waals surface area contributed by atoms with Gasteiger partial charge in [0.2, 0.25) is 0 Å². The molecule has 0 N–H and O–H groups in total. The number of halogens is 2. The van der Waals surface area contributed by atoms with Gasteiger partial charge in [-0.1, -0.05) is 68.3 Å². The summed E-state index contributed by atoms with van der Waals surface area (Å²) in [5, 5.41) is 10.9. The number of hydrogen-bond donors (Lipinski definition) is 0. The zero-order valence-electron chi connectivity index (χ0n) is 10.8. The fraction of sp³-hybridized carbons (Fsp3) is 0.200. The Bertz CT molecular complexity index is 639. The monoisotopic (exact) mass is 397 g/mol. The van der Waals surface area contributed by atoms with Gasteiger partial charge in [0, 0.05) is 18.1 Å². The number of fused-ring (bicyclic) bond motifs is 3. The van der Waals surface area contributed by atoms with E-state index in [0.29, 0.717) is 10.2 Å². The molecule has 0 unspecified atom stereocenters. The molecule has 0 heterocycles. The Hall–Kier alpha value is -1.20. The lowest BCUT2D eigenvalue weighted by Gasteiger charge is -2.00. The van der Waals surface area contributed by atoms with Crippen molar-refractivity contribution in [1.29, 1.82) is 0 Å². The van der Waals surface area contributed by atoms with Crippen LogP contribution in [0.15, 0.2) is 42.5 Å². The summed E-state index contributed by atoms with van der Waals surface area (Å²) in [7, 11) is 0. The molecule has 0 fully saturated rings. The van der Waals surface area contributed by atoms with E-state index in [-0.39, 0.29) is 10.6 Å². The average molecular weight is 399 g/mol. The van der Waals surface area contributed by atoms with Crippen molar-refractivity contribution in [3.05, 3.63) is 63.7 Å². The SMILES string of the molecule is CC(Br)Br.O=[N+]([O-])c1cccc2c1Cc1ccccc1-2. The van der Waals surface area contributed by atoms with Crippen molar-refractivity contribution in [3.63, 3.8) is 0 Å². The smallest absolute Gasteiger partial charge is 0.258 e. The molecule has 1 aliphatic carbocycles. The summed E-state index contributed by atoms with van der Waals surface area (Å²) >= 11 is 6.38. The predicted octanol–water partition coefficient (Wildman–Crippen LogP) is 5.29. The summed E-state index contributed by atoms with van der Waals surface area (Å²) in [6, 6.07) is 13.3. The van der Waals surface area contributed by atoms with E-state index in [1.165, 1.54) is 5.56 Å². The quantitative estimate of drug-likeness (QED) is 0.317. The molecule has 5 heteroatoms. The molecule has 2 aromatic carbocycles. The largest absolute Gasteiger partial charge is 0.273 e. The van der Waals surface area contributed by atoms with Crippen molar-refractivity contribution < 1.29 is 4.92 Å². The van der Waals surface area contributed by atoms with Crippen LogP contribution >= 0.6 is 31.9 Å². The highest BCUT2D eigenvalue weighted by molar-refractivity contribution is 9.24. The van der Waals surface area contributed by atoms with E-state index in [1.807, 2.05) is 37.3 Å². The summed E-state index contributed by atoms with van der Waals surface area (Å²) in [5.74, 6) is 0. The summed E-state index contributed by atoms with van der Waals surface area (Å²) in [5.41, 5.74) is 4.38. The lowest BCUT2D eigenvalue weighted by atomic mass is 10.1. The molecule has 1 aliphatic rings. The number of alkyl halides is 2. The van der Waals surface area contributed by atoms with Crippen LogP contribution in [0.4, 0.5) is 5.69 Å². The number of nitro groups is 1. The average Bonchev–Trinajstić information content (AvgIpc) is 2.76. The fourth-order valence-corrected chi connectivity index (χ4v) is 2.31. The molecule has 3 nitrogen and oxygen atoms in total. The summed E-state index contributed by atoms with van der Waals surface area (Å²) in [6.45, 7) is 2.00. The van der Waals surface area contributed by atoms with E-state index in [4.69, 9.17) is 0 Å². The van der Waals surface area contributed by atoms with Crippen molar-refractivity contribution in [3.8, 4) is 11.1 Å². The molecule has 2 aromatic rings. The third-order valence-corrected chi connectivity index (χ3v) is 3.02. The fourth-order valence-electron chi connectivity index (χ4n) is 2.31. The Morgan fingerprint density at radius 2 is 1.70 bits per heavy atom. The maximum atomic E-state index is 10.9. The Morgan fingerprint density at radius 3 is 2.35 bits per heavy atom. The van der Waals surface area contributed by atoms with Crippen LogP contribution < -0.4 is 0 Å². The van der Waals surface area contributed by atoms with E-state index < -0.39 is 0 Å². The molecule has 0 spiro atoms. The summed E-state index contributed by atoms with van der Waals surface area (Å²) in [4.78, 5) is 10.6. The van der Waals surface area contributed by atoms with Gasteiger partial charge in [0.15, 0.2) is 0 Å². The second-order valence-corrected chi connectivity index (χ2v) is 8.39. The Kier molecular flexibility index (Phi) is 4.94. The molecule has 0 saturated carbocycles. The molecule has 0 amide bonds. The van der Waals surface area contributed by atoms with Crippen LogP contribution in [0.3, 0.4) is 0 Å². The molecule has 0 radical (unpaired) electrons. The highest BCUT2D eigenvalue weighted by atomic mass is 79.9. The van der Waals surface area contributed by atoms with E-state index in [2.05, 4.69) is 31.9 Å². The molecule has 0 atom stereocenters. The van der Waals surface area contributed by atoms with Gasteiger partial charge in [0.05, 0.1) is 8.66 Å². The van der Waals surface area contributed by atoms with Crippen molar-refractivity contribution in [2.75, 3.05) is 0 Å². The molecule has 0 saturated heterocycles. The van der Waals surface area contributed by atoms with Gasteiger partial charge in [-0.2, -0.15) is 0 Å². The van der Waals surface area contributed by atoms with E-state index in [9.17, 15) is 10.1 Å². The lowest BCUT2D eigenvalue weighted by Crippen LogP contribution is -1.93. The third-order valence-electron chi connectivity index (χ3n) is 3.02. The van der Waals surface area contributed by atoms with Crippen LogP contribution in [0.2, 0.25) is 0 Å². The molecular weight excluding hydrogens is 386 g/mol. The Morgan fingerprint density at radius 1 is 1.10 bits per heavy atom. The first-order valence-corrected chi connectivity index (χ1v) is 7.96. The van der Waals surface area contributed by atoms with Gasteiger partial charge in [-0.15, -0.1) is 0 Å². The number of nitro benzene ring substituents is 1. The minimum absolute atomic E-state index is 0.230. The number of rotatable bonds is 1. The van der Waals surface area contributed by atoms with Gasteiger partial charge in [-0.3, -0.25) is 10.1 Å². The number of nitrogens with zero attached hydrogens (tertiary/aromatic N) is 1. The first-order chi connectivity index (χ1) is 9.50. The second-order valence-electron chi connectivity index (χ2n) is 4.41.